The topological polar surface area (TPSA) is 56.7 Å². The quantitative estimate of drug-likeness (QED) is 0.443. The molecule has 0 saturated heterocycles. The van der Waals surface area contributed by atoms with E-state index in [1.165, 1.54) is 12.1 Å². The zero-order chi connectivity index (χ0) is 19.1. The number of hydrogen-bond acceptors (Lipinski definition) is 4. The van der Waals surface area contributed by atoms with E-state index in [4.69, 9.17) is 9.40 Å². The third kappa shape index (κ3) is 2.66. The summed E-state index contributed by atoms with van der Waals surface area (Å²) in [6.45, 7) is 0. The largest absolute Gasteiger partial charge is 0.464 e. The lowest BCUT2D eigenvalue weighted by atomic mass is 9.92. The molecular weight excluding hydrogens is 355 g/mol. The maximum atomic E-state index is 13.5. The van der Waals surface area contributed by atoms with Crippen LogP contribution < -0.4 is 0 Å². The Kier molecular flexibility index (Phi) is 3.76. The second-order valence-corrected chi connectivity index (χ2v) is 6.47. The van der Waals surface area contributed by atoms with Gasteiger partial charge in [-0.1, -0.05) is 0 Å². The van der Waals surface area contributed by atoms with Crippen LogP contribution in [0.15, 0.2) is 77.8 Å². The van der Waals surface area contributed by atoms with Gasteiger partial charge in [0.1, 0.15) is 11.6 Å². The Balaban J connectivity index is 1.95. The van der Waals surface area contributed by atoms with Crippen molar-refractivity contribution in [2.45, 2.75) is 0 Å². The summed E-state index contributed by atoms with van der Waals surface area (Å²) in [5.41, 5.74) is 4.85. The number of fused-ring (bicyclic) bond motifs is 1. The Morgan fingerprint density at radius 1 is 0.929 bits per heavy atom. The van der Waals surface area contributed by atoms with E-state index in [0.29, 0.717) is 11.3 Å². The number of halogens is 1. The third-order valence-electron chi connectivity index (χ3n) is 4.64. The van der Waals surface area contributed by atoms with Gasteiger partial charge in [-0.05, 0) is 54.1 Å². The monoisotopic (exact) mass is 370 g/mol. The third-order valence-corrected chi connectivity index (χ3v) is 4.64. The van der Waals surface area contributed by atoms with Crippen molar-refractivity contribution in [2.75, 3.05) is 0 Å². The molecule has 1 aromatic carbocycles. The van der Waals surface area contributed by atoms with E-state index in [1.54, 1.807) is 35.5 Å². The molecule has 136 valence electrons. The summed E-state index contributed by atoms with van der Waals surface area (Å²) in [5, 5.41) is 5.38. The smallest absolute Gasteiger partial charge is 0.182 e. The van der Waals surface area contributed by atoms with Gasteiger partial charge in [0.25, 0.3) is 0 Å². The molecule has 0 saturated carbocycles. The molecule has 0 unspecified atom stereocenters. The van der Waals surface area contributed by atoms with Crippen LogP contribution in [0.2, 0.25) is 0 Å². The van der Waals surface area contributed by atoms with Gasteiger partial charge < -0.3 is 4.42 Å². The molecule has 0 spiro atoms. The molecule has 0 fully saturated rings. The van der Waals surface area contributed by atoms with Crippen molar-refractivity contribution < 1.29 is 8.81 Å². The van der Waals surface area contributed by atoms with Crippen molar-refractivity contribution in [3.05, 3.63) is 79.2 Å². The van der Waals surface area contributed by atoms with Crippen LogP contribution in [0.25, 0.3) is 44.7 Å². The summed E-state index contributed by atoms with van der Waals surface area (Å²) in [6, 6.07) is 13.9. The highest BCUT2D eigenvalue weighted by Crippen LogP contribution is 2.42. The second kappa shape index (κ2) is 6.42. The van der Waals surface area contributed by atoms with Crippen LogP contribution in [0.1, 0.15) is 0 Å². The van der Waals surface area contributed by atoms with E-state index >= 15 is 0 Å². The standard InChI is InChI=1S/C22H15FN4O/c1-27-13-17-20(18-3-2-12-28-18)19(14-8-10-24-11-9-14)21(25-22(17)26-27)15-4-6-16(23)7-5-15/h2-13H,1H3. The zero-order valence-corrected chi connectivity index (χ0v) is 15.0. The predicted octanol–water partition coefficient (Wildman–Crippen LogP) is 5.10. The van der Waals surface area contributed by atoms with E-state index in [9.17, 15) is 4.39 Å². The molecule has 0 radical (unpaired) electrons. The van der Waals surface area contributed by atoms with Gasteiger partial charge in [-0.2, -0.15) is 5.10 Å². The van der Waals surface area contributed by atoms with Crippen molar-refractivity contribution in [1.82, 2.24) is 19.7 Å². The first-order valence-corrected chi connectivity index (χ1v) is 8.78. The average molecular weight is 370 g/mol. The van der Waals surface area contributed by atoms with Gasteiger partial charge in [0.05, 0.1) is 17.3 Å². The molecule has 6 heteroatoms. The van der Waals surface area contributed by atoms with Gasteiger partial charge in [-0.15, -0.1) is 0 Å². The highest BCUT2D eigenvalue weighted by Gasteiger charge is 2.22. The Morgan fingerprint density at radius 3 is 2.43 bits per heavy atom. The van der Waals surface area contributed by atoms with Gasteiger partial charge in [0, 0.05) is 42.3 Å². The summed E-state index contributed by atoms with van der Waals surface area (Å²) < 4.78 is 21.0. The minimum Gasteiger partial charge on any atom is -0.464 e. The first kappa shape index (κ1) is 16.4. The van der Waals surface area contributed by atoms with Crippen LogP contribution in [0.5, 0.6) is 0 Å². The van der Waals surface area contributed by atoms with Crippen molar-refractivity contribution in [2.24, 2.45) is 7.05 Å². The molecule has 0 bridgehead atoms. The van der Waals surface area contributed by atoms with Gasteiger partial charge in [-0.3, -0.25) is 9.67 Å². The zero-order valence-electron chi connectivity index (χ0n) is 15.0. The fourth-order valence-corrected chi connectivity index (χ4v) is 3.44. The number of furan rings is 1. The summed E-state index contributed by atoms with van der Waals surface area (Å²) in [5.74, 6) is 0.426. The Labute approximate surface area is 160 Å². The Morgan fingerprint density at radius 2 is 1.71 bits per heavy atom. The van der Waals surface area contributed by atoms with Crippen molar-refractivity contribution >= 4 is 11.0 Å². The Bertz CT molecular complexity index is 1260. The number of nitrogens with zero attached hydrogens (tertiary/aromatic N) is 4. The number of hydrogen-bond donors (Lipinski definition) is 0. The van der Waals surface area contributed by atoms with Crippen molar-refractivity contribution in [3.8, 4) is 33.7 Å². The van der Waals surface area contributed by atoms with E-state index in [-0.39, 0.29) is 5.82 Å². The molecule has 4 heterocycles. The first-order valence-electron chi connectivity index (χ1n) is 8.78. The van der Waals surface area contributed by atoms with E-state index < -0.39 is 0 Å². The lowest BCUT2D eigenvalue weighted by Gasteiger charge is -2.14. The molecule has 0 atom stereocenters. The number of pyridine rings is 2. The number of rotatable bonds is 3. The summed E-state index contributed by atoms with van der Waals surface area (Å²) in [6.07, 6.45) is 7.05. The Hall–Kier alpha value is -3.80. The number of aromatic nitrogens is 4. The lowest BCUT2D eigenvalue weighted by Crippen LogP contribution is -1.95. The van der Waals surface area contributed by atoms with Crippen LogP contribution >= 0.6 is 0 Å². The minimum absolute atomic E-state index is 0.292. The summed E-state index contributed by atoms with van der Waals surface area (Å²) in [7, 11) is 1.86. The van der Waals surface area contributed by atoms with Gasteiger partial charge >= 0.3 is 0 Å². The predicted molar refractivity (Wildman–Crippen MR) is 105 cm³/mol. The van der Waals surface area contributed by atoms with Crippen LogP contribution in [0.4, 0.5) is 4.39 Å². The molecule has 5 aromatic rings. The summed E-state index contributed by atoms with van der Waals surface area (Å²) in [4.78, 5) is 8.96. The molecular formula is C22H15FN4O. The maximum absolute atomic E-state index is 13.5. The minimum atomic E-state index is -0.292. The van der Waals surface area contributed by atoms with Crippen molar-refractivity contribution in [1.29, 1.82) is 0 Å². The van der Waals surface area contributed by atoms with Gasteiger partial charge in [0.15, 0.2) is 5.65 Å². The van der Waals surface area contributed by atoms with Gasteiger partial charge in [0.2, 0.25) is 0 Å². The van der Waals surface area contributed by atoms with Crippen LogP contribution in [-0.2, 0) is 7.05 Å². The molecule has 28 heavy (non-hydrogen) atoms. The molecule has 0 amide bonds. The van der Waals surface area contributed by atoms with E-state index in [0.717, 1.165) is 33.4 Å². The molecule has 0 aliphatic heterocycles. The fourth-order valence-electron chi connectivity index (χ4n) is 3.44. The molecule has 5 nitrogen and oxygen atoms in total. The van der Waals surface area contributed by atoms with E-state index in [2.05, 4.69) is 10.1 Å². The lowest BCUT2D eigenvalue weighted by molar-refractivity contribution is 0.583. The highest BCUT2D eigenvalue weighted by atomic mass is 19.1. The van der Waals surface area contributed by atoms with Crippen LogP contribution in [0, 0.1) is 5.82 Å². The number of benzene rings is 1. The molecule has 0 N–H and O–H groups in total. The molecule has 5 rings (SSSR count). The number of aryl methyl sites for hydroxylation is 1. The van der Waals surface area contributed by atoms with Gasteiger partial charge in [-0.25, -0.2) is 9.37 Å². The average Bonchev–Trinajstić information content (AvgIpc) is 3.36. The van der Waals surface area contributed by atoms with Crippen LogP contribution in [0.3, 0.4) is 0 Å². The van der Waals surface area contributed by atoms with Crippen LogP contribution in [-0.4, -0.2) is 19.7 Å². The molecule has 0 aliphatic carbocycles. The highest BCUT2D eigenvalue weighted by molar-refractivity contribution is 6.04. The SMILES string of the molecule is Cn1cc2c(-c3ccco3)c(-c3ccncc3)c(-c3ccc(F)cc3)nc2n1. The fraction of sp³-hybridized carbons (Fsp3) is 0.0455. The second-order valence-electron chi connectivity index (χ2n) is 6.47. The normalized spacial score (nSPS) is 11.2. The van der Waals surface area contributed by atoms with E-state index in [1.807, 2.05) is 37.5 Å². The van der Waals surface area contributed by atoms with Crippen molar-refractivity contribution in [3.63, 3.8) is 0 Å². The maximum Gasteiger partial charge on any atom is 0.182 e. The molecule has 0 aliphatic rings. The summed E-state index contributed by atoms with van der Waals surface area (Å²) >= 11 is 0. The molecule has 4 aromatic heterocycles. The first-order chi connectivity index (χ1) is 13.7.